The van der Waals surface area contributed by atoms with Crippen molar-refractivity contribution < 1.29 is 52.4 Å². The molecule has 0 radical (unpaired) electrons. The van der Waals surface area contributed by atoms with Crippen molar-refractivity contribution in [3.05, 3.63) is 5.21 Å². The summed E-state index contributed by atoms with van der Waals surface area (Å²) in [5, 5.41) is 4.55. The highest BCUT2D eigenvalue weighted by molar-refractivity contribution is 7.86. The average molecular weight is 428 g/mol. The van der Waals surface area contributed by atoms with Crippen molar-refractivity contribution in [2.45, 2.75) is 50.1 Å². The second-order valence-corrected chi connectivity index (χ2v) is 7.29. The molecule has 0 saturated heterocycles. The van der Waals surface area contributed by atoms with E-state index < -0.39 is 50.4 Å². The fourth-order valence-corrected chi connectivity index (χ4v) is 3.21. The quantitative estimate of drug-likeness (QED) is 0.450. The van der Waals surface area contributed by atoms with Gasteiger partial charge in [0.2, 0.25) is 0 Å². The normalized spacial score (nSPS) is 17.5. The molecule has 5 nitrogen and oxygen atoms in total. The molecule has 0 aliphatic carbocycles. The third-order valence-corrected chi connectivity index (χ3v) is 5.35. The molecule has 158 valence electrons. The molecule has 0 fully saturated rings. The van der Waals surface area contributed by atoms with Crippen molar-refractivity contribution >= 4 is 10.0 Å². The summed E-state index contributed by atoms with van der Waals surface area (Å²) >= 11 is 0. The number of hydrogen-bond acceptors (Lipinski definition) is 4. The van der Waals surface area contributed by atoms with Gasteiger partial charge < -0.3 is 5.21 Å². The van der Waals surface area contributed by atoms with E-state index in [1.54, 1.807) is 0 Å². The highest BCUT2D eigenvalue weighted by Crippen LogP contribution is 2.54. The maximum atomic E-state index is 13.5. The minimum Gasteiger partial charge on any atom is -0.618 e. The summed E-state index contributed by atoms with van der Waals surface area (Å²) in [4.78, 5) is 1.36. The van der Waals surface area contributed by atoms with Gasteiger partial charge in [0.15, 0.2) is 0 Å². The third-order valence-electron chi connectivity index (χ3n) is 3.65. The molecule has 0 amide bonds. The van der Waals surface area contributed by atoms with Crippen LogP contribution in [0.2, 0.25) is 0 Å². The van der Waals surface area contributed by atoms with Crippen molar-refractivity contribution in [2.24, 2.45) is 0 Å². The lowest BCUT2D eigenvalue weighted by molar-refractivity contribution is -0.715. The van der Waals surface area contributed by atoms with E-state index in [9.17, 15) is 53.1 Å². The third kappa shape index (κ3) is 4.04. The molecule has 0 aromatic rings. The number of hydroxylamine groups is 1. The Kier molecular flexibility index (Phi) is 7.44. The summed E-state index contributed by atoms with van der Waals surface area (Å²) in [6, 6.07) is -1.07. The van der Waals surface area contributed by atoms with Gasteiger partial charge in [0, 0.05) is 0 Å². The Morgan fingerprint density at radius 3 is 1.62 bits per heavy atom. The molecular weight excluding hydrogens is 411 g/mol. The number of halogens is 9. The molecule has 2 unspecified atom stereocenters. The van der Waals surface area contributed by atoms with Gasteiger partial charge in [-0.2, -0.15) is 47.9 Å². The summed E-state index contributed by atoms with van der Waals surface area (Å²) in [7, 11) is -7.01. The van der Waals surface area contributed by atoms with E-state index in [2.05, 4.69) is 0 Å². The van der Waals surface area contributed by atoms with Crippen LogP contribution in [-0.2, 0) is 10.0 Å². The molecule has 0 aromatic carbocycles. The van der Waals surface area contributed by atoms with Crippen LogP contribution in [0.25, 0.3) is 0 Å². The maximum Gasteiger partial charge on any atom is 0.464 e. The van der Waals surface area contributed by atoms with Crippen LogP contribution in [-0.4, -0.2) is 62.3 Å². The summed E-state index contributed by atoms with van der Waals surface area (Å²) in [5.74, 6) is -14.8. The Bertz CT molecular complexity index is 576. The first-order valence-corrected chi connectivity index (χ1v) is 8.52. The fraction of sp³-hybridized carbons (Fsp3) is 1.00. The molecule has 0 aliphatic heterocycles. The van der Waals surface area contributed by atoms with Gasteiger partial charge >= 0.3 is 33.3 Å². The molecule has 0 aliphatic rings. The Hall–Kier alpha value is -0.800. The molecule has 0 rings (SSSR count). The minimum absolute atomic E-state index is 0.198. The van der Waals surface area contributed by atoms with E-state index in [1.807, 2.05) is 0 Å². The average Bonchev–Trinajstić information content (AvgIpc) is 2.46. The molecular formula is C11H17F9N2O3S. The van der Waals surface area contributed by atoms with Crippen LogP contribution < -0.4 is 4.47 Å². The number of quaternary nitrogens is 1. The predicted molar refractivity (Wildman–Crippen MR) is 71.4 cm³/mol. The van der Waals surface area contributed by atoms with Gasteiger partial charge in [-0.25, -0.2) is 0 Å². The zero-order valence-electron chi connectivity index (χ0n) is 13.7. The summed E-state index contributed by atoms with van der Waals surface area (Å²) in [5.41, 5.74) is 0. The molecule has 26 heavy (non-hydrogen) atoms. The van der Waals surface area contributed by atoms with Crippen LogP contribution in [0, 0.1) is 5.21 Å². The van der Waals surface area contributed by atoms with E-state index in [0.717, 1.165) is 0 Å². The second kappa shape index (κ2) is 7.67. The van der Waals surface area contributed by atoms with Crippen LogP contribution >= 0.6 is 0 Å². The molecule has 0 aromatic heterocycles. The Balaban J connectivity index is 5.89. The van der Waals surface area contributed by atoms with Crippen LogP contribution in [0.15, 0.2) is 0 Å². The van der Waals surface area contributed by atoms with E-state index in [4.69, 9.17) is 0 Å². The zero-order chi connectivity index (χ0) is 21.4. The van der Waals surface area contributed by atoms with E-state index in [1.165, 1.54) is 25.7 Å². The lowest BCUT2D eigenvalue weighted by Crippen LogP contribution is -3.13. The first-order valence-electron chi connectivity index (χ1n) is 7.04. The summed E-state index contributed by atoms with van der Waals surface area (Å²) in [6.45, 7) is 3.33. The monoisotopic (exact) mass is 428 g/mol. The van der Waals surface area contributed by atoms with Gasteiger partial charge in [-0.1, -0.05) is 13.8 Å². The predicted octanol–water partition coefficient (Wildman–Crippen LogP) is 1.85. The van der Waals surface area contributed by atoms with Crippen molar-refractivity contribution in [3.8, 4) is 0 Å². The second-order valence-electron chi connectivity index (χ2n) is 5.31. The largest absolute Gasteiger partial charge is 0.618 e. The lowest BCUT2D eigenvalue weighted by Gasteiger charge is -2.36. The fourth-order valence-electron chi connectivity index (χ4n) is 2.00. The number of nitrogens with one attached hydrogen (secondary N) is 1. The highest BCUT2D eigenvalue weighted by atomic mass is 32.2. The van der Waals surface area contributed by atoms with E-state index in [0.29, 0.717) is 0 Å². The first-order chi connectivity index (χ1) is 11.3. The molecule has 15 heteroatoms. The topological polar surface area (TPSA) is 64.9 Å². The van der Waals surface area contributed by atoms with Gasteiger partial charge in [0.1, 0.15) is 6.54 Å². The maximum absolute atomic E-state index is 13.5. The van der Waals surface area contributed by atoms with Crippen molar-refractivity contribution in [1.29, 1.82) is 0 Å². The molecule has 0 heterocycles. The molecule has 1 N–H and O–H groups in total. The van der Waals surface area contributed by atoms with Gasteiger partial charge in [-0.05, 0) is 20.0 Å². The SMILES string of the molecule is CCN(CC)C(C)C[NH+]([O-])S(=O)(=O)C(F)(F)C(F)(F)C(F)(F)C(F)(F)F. The standard InChI is InChI=1S/C11H17F9N2O3S/c1-4-21(5-2)7(3)6-22(23)26(24,25)11(19,20)9(14,15)8(12,13)10(16,17)18/h7,22H,4-6H2,1-3H3. The number of hydrogen-bond donors (Lipinski definition) is 1. The highest BCUT2D eigenvalue weighted by Gasteiger charge is 2.86. The van der Waals surface area contributed by atoms with Crippen LogP contribution in [0.4, 0.5) is 39.5 Å². The molecule has 0 bridgehead atoms. The Labute approximate surface area is 143 Å². The van der Waals surface area contributed by atoms with Gasteiger partial charge in [-0.15, -0.1) is 0 Å². The number of nitrogens with zero attached hydrogens (tertiary/aromatic N) is 1. The Morgan fingerprint density at radius 1 is 0.923 bits per heavy atom. The first kappa shape index (κ1) is 25.2. The molecule has 2 atom stereocenters. The van der Waals surface area contributed by atoms with E-state index in [-0.39, 0.29) is 13.1 Å². The number of sulfonamides is 1. The summed E-state index contributed by atoms with van der Waals surface area (Å²) < 4.78 is 135. The lowest BCUT2D eigenvalue weighted by atomic mass is 10.1. The number of alkyl halides is 9. The van der Waals surface area contributed by atoms with Gasteiger partial charge in [0.05, 0.1) is 6.04 Å². The van der Waals surface area contributed by atoms with Crippen LogP contribution in [0.3, 0.4) is 0 Å². The summed E-state index contributed by atoms with van der Waals surface area (Å²) in [6.07, 6.45) is -7.17. The molecule has 0 saturated carbocycles. The van der Waals surface area contributed by atoms with Gasteiger partial charge in [-0.3, -0.25) is 9.37 Å². The number of likely N-dealkylation sites (N-methyl/N-ethyl adjacent to an activating group) is 1. The van der Waals surface area contributed by atoms with Crippen molar-refractivity contribution in [2.75, 3.05) is 19.6 Å². The Morgan fingerprint density at radius 2 is 1.31 bits per heavy atom. The van der Waals surface area contributed by atoms with Crippen LogP contribution in [0.1, 0.15) is 20.8 Å². The van der Waals surface area contributed by atoms with Crippen LogP contribution in [0.5, 0.6) is 0 Å². The number of rotatable bonds is 9. The molecule has 0 spiro atoms. The minimum atomic E-state index is -7.40. The van der Waals surface area contributed by atoms with Gasteiger partial charge in [0.25, 0.3) is 0 Å². The smallest absolute Gasteiger partial charge is 0.464 e. The van der Waals surface area contributed by atoms with E-state index >= 15 is 0 Å². The zero-order valence-corrected chi connectivity index (χ0v) is 14.5. The van der Waals surface area contributed by atoms with Crippen molar-refractivity contribution in [1.82, 2.24) is 4.90 Å². The van der Waals surface area contributed by atoms with Crippen molar-refractivity contribution in [3.63, 3.8) is 0 Å².